The number of aromatic nitrogens is 1. The van der Waals surface area contributed by atoms with E-state index in [0.29, 0.717) is 6.54 Å². The summed E-state index contributed by atoms with van der Waals surface area (Å²) in [7, 11) is 1.87. The quantitative estimate of drug-likeness (QED) is 0.943. The molecule has 0 aliphatic carbocycles. The van der Waals surface area contributed by atoms with Crippen LogP contribution in [0.15, 0.2) is 24.3 Å². The molecular formula is C15H19N3OS. The average Bonchev–Trinajstić information content (AvgIpc) is 2.89. The molecule has 1 aromatic carbocycles. The minimum atomic E-state index is -0.0110. The van der Waals surface area contributed by atoms with Crippen LogP contribution in [0.5, 0.6) is 0 Å². The number of amides is 1. The van der Waals surface area contributed by atoms with E-state index in [1.165, 1.54) is 11.1 Å². The molecular weight excluding hydrogens is 270 g/mol. The van der Waals surface area contributed by atoms with Crippen LogP contribution in [0.4, 0.5) is 0 Å². The minimum absolute atomic E-state index is 0.0110. The van der Waals surface area contributed by atoms with E-state index < -0.39 is 0 Å². The molecule has 0 radical (unpaired) electrons. The molecule has 1 atom stereocenters. The molecule has 1 aliphatic rings. The third-order valence-corrected chi connectivity index (χ3v) is 4.72. The molecule has 1 amide bonds. The van der Waals surface area contributed by atoms with E-state index in [1.54, 1.807) is 16.2 Å². The van der Waals surface area contributed by atoms with Crippen LogP contribution in [0, 0.1) is 0 Å². The molecule has 1 N–H and O–H groups in total. The van der Waals surface area contributed by atoms with Gasteiger partial charge in [0.15, 0.2) is 0 Å². The van der Waals surface area contributed by atoms with Crippen molar-refractivity contribution in [2.75, 3.05) is 13.6 Å². The van der Waals surface area contributed by atoms with Gasteiger partial charge in [-0.15, -0.1) is 11.3 Å². The lowest BCUT2D eigenvalue weighted by molar-refractivity contribution is -0.133. The number of piperidine rings is 1. The Balaban J connectivity index is 1.68. The van der Waals surface area contributed by atoms with Gasteiger partial charge in [0.1, 0.15) is 5.01 Å². The maximum atomic E-state index is 12.4. The second-order valence-corrected chi connectivity index (χ2v) is 6.39. The molecule has 0 saturated carbocycles. The number of carbonyl (C=O) groups is 1. The number of hydrogen-bond donors (Lipinski definition) is 1. The number of rotatable bonds is 3. The van der Waals surface area contributed by atoms with Crippen LogP contribution in [0.25, 0.3) is 10.2 Å². The smallest absolute Gasteiger partial charge is 0.239 e. The summed E-state index contributed by atoms with van der Waals surface area (Å²) in [5.41, 5.74) is 1.02. The fourth-order valence-electron chi connectivity index (χ4n) is 2.60. The third-order valence-electron chi connectivity index (χ3n) is 3.70. The summed E-state index contributed by atoms with van der Waals surface area (Å²) in [6.07, 6.45) is 3.26. The highest BCUT2D eigenvalue weighted by molar-refractivity contribution is 7.18. The summed E-state index contributed by atoms with van der Waals surface area (Å²) in [6.45, 7) is 1.54. The van der Waals surface area contributed by atoms with E-state index in [9.17, 15) is 4.79 Å². The fraction of sp³-hybridized carbons (Fsp3) is 0.467. The maximum absolute atomic E-state index is 12.4. The zero-order valence-corrected chi connectivity index (χ0v) is 12.4. The van der Waals surface area contributed by atoms with Crippen molar-refractivity contribution in [3.8, 4) is 0 Å². The van der Waals surface area contributed by atoms with Crippen LogP contribution in [0.3, 0.4) is 0 Å². The molecule has 106 valence electrons. The van der Waals surface area contributed by atoms with Crippen LogP contribution in [0.1, 0.15) is 24.3 Å². The number of nitrogens with zero attached hydrogens (tertiary/aromatic N) is 2. The van der Waals surface area contributed by atoms with Crippen molar-refractivity contribution in [1.82, 2.24) is 15.2 Å². The van der Waals surface area contributed by atoms with Gasteiger partial charge in [-0.25, -0.2) is 4.98 Å². The first-order chi connectivity index (χ1) is 9.74. The molecule has 1 unspecified atom stereocenters. The Labute approximate surface area is 122 Å². The molecule has 3 rings (SSSR count). The number of benzene rings is 1. The summed E-state index contributed by atoms with van der Waals surface area (Å²) in [6, 6.07) is 8.08. The summed E-state index contributed by atoms with van der Waals surface area (Å²) in [4.78, 5) is 18.7. The SMILES string of the molecule is CN(Cc1nc2ccccc2s1)C(=O)C1CCCCN1. The van der Waals surface area contributed by atoms with Gasteiger partial charge in [0.25, 0.3) is 0 Å². The van der Waals surface area contributed by atoms with E-state index in [0.717, 1.165) is 29.9 Å². The highest BCUT2D eigenvalue weighted by atomic mass is 32.1. The predicted molar refractivity (Wildman–Crippen MR) is 81.7 cm³/mol. The lowest BCUT2D eigenvalue weighted by atomic mass is 10.0. The van der Waals surface area contributed by atoms with Gasteiger partial charge < -0.3 is 10.2 Å². The second-order valence-electron chi connectivity index (χ2n) is 5.27. The number of carbonyl (C=O) groups excluding carboxylic acids is 1. The molecule has 1 fully saturated rings. The van der Waals surface area contributed by atoms with Gasteiger partial charge >= 0.3 is 0 Å². The van der Waals surface area contributed by atoms with Crippen molar-refractivity contribution >= 4 is 27.5 Å². The normalized spacial score (nSPS) is 19.1. The predicted octanol–water partition coefficient (Wildman–Crippen LogP) is 2.40. The Morgan fingerprint density at radius 2 is 2.30 bits per heavy atom. The van der Waals surface area contributed by atoms with E-state index in [1.807, 2.05) is 25.2 Å². The molecule has 2 heterocycles. The van der Waals surface area contributed by atoms with Crippen LogP contribution >= 0.6 is 11.3 Å². The Hall–Kier alpha value is -1.46. The number of thiazole rings is 1. The van der Waals surface area contributed by atoms with E-state index >= 15 is 0 Å². The van der Waals surface area contributed by atoms with Gasteiger partial charge in [-0.1, -0.05) is 18.6 Å². The molecule has 0 spiro atoms. The Morgan fingerprint density at radius 3 is 3.05 bits per heavy atom. The third kappa shape index (κ3) is 2.83. The maximum Gasteiger partial charge on any atom is 0.239 e. The molecule has 4 nitrogen and oxygen atoms in total. The molecule has 0 bridgehead atoms. The first-order valence-electron chi connectivity index (χ1n) is 7.07. The van der Waals surface area contributed by atoms with E-state index in [4.69, 9.17) is 0 Å². The van der Waals surface area contributed by atoms with Gasteiger partial charge in [0.2, 0.25) is 5.91 Å². The van der Waals surface area contributed by atoms with Crippen molar-refractivity contribution in [3.05, 3.63) is 29.3 Å². The largest absolute Gasteiger partial charge is 0.338 e. The van der Waals surface area contributed by atoms with Crippen LogP contribution in [0.2, 0.25) is 0 Å². The minimum Gasteiger partial charge on any atom is -0.338 e. The number of fused-ring (bicyclic) bond motifs is 1. The number of para-hydroxylation sites is 1. The number of nitrogens with one attached hydrogen (secondary N) is 1. The summed E-state index contributed by atoms with van der Waals surface area (Å²) < 4.78 is 1.18. The highest BCUT2D eigenvalue weighted by Gasteiger charge is 2.24. The summed E-state index contributed by atoms with van der Waals surface area (Å²) in [5.74, 6) is 0.184. The number of likely N-dealkylation sites (N-methyl/N-ethyl adjacent to an activating group) is 1. The van der Waals surface area contributed by atoms with E-state index in [2.05, 4.69) is 16.4 Å². The molecule has 1 aliphatic heterocycles. The molecule has 1 saturated heterocycles. The molecule has 1 aromatic heterocycles. The summed E-state index contributed by atoms with van der Waals surface area (Å²) in [5, 5.41) is 4.30. The highest BCUT2D eigenvalue weighted by Crippen LogP contribution is 2.22. The van der Waals surface area contributed by atoms with Crippen LogP contribution in [-0.4, -0.2) is 35.4 Å². The topological polar surface area (TPSA) is 45.2 Å². The molecule has 5 heteroatoms. The van der Waals surface area contributed by atoms with Crippen LogP contribution in [-0.2, 0) is 11.3 Å². The fourth-order valence-corrected chi connectivity index (χ4v) is 3.62. The second kappa shape index (κ2) is 5.89. The molecule has 20 heavy (non-hydrogen) atoms. The zero-order valence-electron chi connectivity index (χ0n) is 11.6. The van der Waals surface area contributed by atoms with Gasteiger partial charge in [0.05, 0.1) is 22.8 Å². The van der Waals surface area contributed by atoms with Crippen LogP contribution < -0.4 is 5.32 Å². The molecule has 2 aromatic rings. The Bertz CT molecular complexity index is 571. The van der Waals surface area contributed by atoms with Gasteiger partial charge in [-0.3, -0.25) is 4.79 Å². The van der Waals surface area contributed by atoms with Gasteiger partial charge in [-0.2, -0.15) is 0 Å². The first kappa shape index (κ1) is 13.5. The van der Waals surface area contributed by atoms with Gasteiger partial charge in [0, 0.05) is 7.05 Å². The zero-order chi connectivity index (χ0) is 13.9. The van der Waals surface area contributed by atoms with Crippen molar-refractivity contribution in [2.45, 2.75) is 31.8 Å². The lowest BCUT2D eigenvalue weighted by Crippen LogP contribution is -2.46. The standard InChI is InChI=1S/C15H19N3OS/c1-18(15(19)12-7-4-5-9-16-12)10-14-17-11-6-2-3-8-13(11)20-14/h2-3,6,8,12,16H,4-5,7,9-10H2,1H3. The monoisotopic (exact) mass is 289 g/mol. The first-order valence-corrected chi connectivity index (χ1v) is 7.88. The van der Waals surface area contributed by atoms with Crippen molar-refractivity contribution in [1.29, 1.82) is 0 Å². The number of hydrogen-bond acceptors (Lipinski definition) is 4. The van der Waals surface area contributed by atoms with E-state index in [-0.39, 0.29) is 11.9 Å². The van der Waals surface area contributed by atoms with Gasteiger partial charge in [-0.05, 0) is 31.5 Å². The summed E-state index contributed by atoms with van der Waals surface area (Å²) >= 11 is 1.66. The lowest BCUT2D eigenvalue weighted by Gasteiger charge is -2.26. The van der Waals surface area contributed by atoms with Crippen molar-refractivity contribution in [2.24, 2.45) is 0 Å². The van der Waals surface area contributed by atoms with Crippen molar-refractivity contribution in [3.63, 3.8) is 0 Å². The van der Waals surface area contributed by atoms with Crippen molar-refractivity contribution < 1.29 is 4.79 Å². The Morgan fingerprint density at radius 1 is 1.45 bits per heavy atom. The average molecular weight is 289 g/mol. The Kier molecular flexibility index (Phi) is 3.98.